The lowest BCUT2D eigenvalue weighted by Gasteiger charge is -2.15. The van der Waals surface area contributed by atoms with Crippen LogP contribution in [0.1, 0.15) is 39.3 Å². The van der Waals surface area contributed by atoms with Gasteiger partial charge in [0.15, 0.2) is 0 Å². The number of hydrogen-bond donors (Lipinski definition) is 2. The van der Waals surface area contributed by atoms with Crippen molar-refractivity contribution in [3.63, 3.8) is 0 Å². The first-order chi connectivity index (χ1) is 8.97. The minimum Gasteiger partial charge on any atom is -0.361 e. The van der Waals surface area contributed by atoms with E-state index in [2.05, 4.69) is 74.4 Å². The molecule has 19 heavy (non-hydrogen) atoms. The molecule has 0 saturated carbocycles. The van der Waals surface area contributed by atoms with Crippen molar-refractivity contribution < 1.29 is 0 Å². The van der Waals surface area contributed by atoms with E-state index in [0.29, 0.717) is 6.04 Å². The predicted octanol–water partition coefficient (Wildman–Crippen LogP) is 4.42. The summed E-state index contributed by atoms with van der Waals surface area (Å²) in [5.74, 6) is 0. The summed E-state index contributed by atoms with van der Waals surface area (Å²) in [5, 5.41) is 4.82. The van der Waals surface area contributed by atoms with Gasteiger partial charge in [0, 0.05) is 18.8 Å². The molecule has 0 bridgehead atoms. The Bertz CT molecular complexity index is 558. The quantitative estimate of drug-likeness (QED) is 0.779. The van der Waals surface area contributed by atoms with Crippen molar-refractivity contribution in [1.82, 2.24) is 10.3 Å². The number of para-hydroxylation sites is 1. The first kappa shape index (κ1) is 13.9. The molecule has 0 aliphatic heterocycles. The summed E-state index contributed by atoms with van der Waals surface area (Å²) >= 11 is 0. The van der Waals surface area contributed by atoms with Crippen molar-refractivity contribution in [3.05, 3.63) is 48.2 Å². The summed E-state index contributed by atoms with van der Waals surface area (Å²) < 4.78 is 0. The van der Waals surface area contributed by atoms with Crippen molar-refractivity contribution >= 4 is 10.9 Å². The highest BCUT2D eigenvalue weighted by Gasteiger charge is 2.09. The van der Waals surface area contributed by atoms with Crippen molar-refractivity contribution in [1.29, 1.82) is 0 Å². The van der Waals surface area contributed by atoms with Gasteiger partial charge in [0.2, 0.25) is 0 Å². The summed E-state index contributed by atoms with van der Waals surface area (Å²) in [6.45, 7) is 9.75. The first-order valence-corrected chi connectivity index (χ1v) is 6.94. The minimum atomic E-state index is 0.254. The number of hydrogen-bond acceptors (Lipinski definition) is 1. The second-order valence-corrected chi connectivity index (χ2v) is 6.19. The summed E-state index contributed by atoms with van der Waals surface area (Å²) in [5.41, 5.74) is 2.82. The Morgan fingerprint density at radius 2 is 2.05 bits per heavy atom. The zero-order chi connectivity index (χ0) is 13.9. The van der Waals surface area contributed by atoms with E-state index in [9.17, 15) is 0 Å². The number of benzene rings is 1. The molecule has 0 aliphatic rings. The van der Waals surface area contributed by atoms with Gasteiger partial charge in [0.1, 0.15) is 0 Å². The molecule has 0 unspecified atom stereocenters. The smallest absolute Gasteiger partial charge is 0.0502 e. The fraction of sp³-hybridized carbons (Fsp3) is 0.412. The van der Waals surface area contributed by atoms with Crippen LogP contribution in [0.2, 0.25) is 0 Å². The van der Waals surface area contributed by atoms with E-state index in [4.69, 9.17) is 0 Å². The van der Waals surface area contributed by atoms with Crippen molar-refractivity contribution in [2.45, 2.75) is 33.7 Å². The molecule has 1 atom stereocenters. The fourth-order valence-corrected chi connectivity index (χ4v) is 2.24. The Labute approximate surface area is 115 Å². The van der Waals surface area contributed by atoms with Crippen LogP contribution >= 0.6 is 0 Å². The highest BCUT2D eigenvalue weighted by molar-refractivity contribution is 5.82. The van der Waals surface area contributed by atoms with E-state index in [1.165, 1.54) is 16.5 Å². The van der Waals surface area contributed by atoms with E-state index in [1.54, 1.807) is 0 Å². The van der Waals surface area contributed by atoms with Crippen molar-refractivity contribution in [3.8, 4) is 0 Å². The molecule has 2 heteroatoms. The van der Waals surface area contributed by atoms with Gasteiger partial charge in [-0.1, -0.05) is 51.1 Å². The van der Waals surface area contributed by atoms with Gasteiger partial charge >= 0.3 is 0 Å². The number of fused-ring (bicyclic) bond motifs is 1. The molecular formula is C17H24N2. The van der Waals surface area contributed by atoms with Gasteiger partial charge < -0.3 is 10.3 Å². The number of nitrogens with one attached hydrogen (secondary N) is 2. The molecule has 2 N–H and O–H groups in total. The Hall–Kier alpha value is -1.54. The zero-order valence-electron chi connectivity index (χ0n) is 12.3. The van der Waals surface area contributed by atoms with Gasteiger partial charge in [-0.3, -0.25) is 0 Å². The number of allylic oxidation sites excluding steroid dienone is 1. The molecule has 0 amide bonds. The first-order valence-electron chi connectivity index (χ1n) is 6.94. The van der Waals surface area contributed by atoms with Gasteiger partial charge in [0.25, 0.3) is 0 Å². The lowest BCUT2D eigenvalue weighted by molar-refractivity contribution is 0.539. The highest BCUT2D eigenvalue weighted by Crippen LogP contribution is 2.22. The van der Waals surface area contributed by atoms with E-state index in [-0.39, 0.29) is 5.41 Å². The van der Waals surface area contributed by atoms with E-state index < -0.39 is 0 Å². The molecule has 0 aliphatic carbocycles. The van der Waals surface area contributed by atoms with Crippen molar-refractivity contribution in [2.24, 2.45) is 5.41 Å². The Kier molecular flexibility index (Phi) is 4.11. The number of aromatic nitrogens is 1. The standard InChI is InChI=1S/C17H24N2/c1-13(18-11-6-10-17(2,3)4)15-8-5-7-14-9-12-19-16(14)15/h5-10,12-13,18-19H,11H2,1-4H3/b10-6-/t13-/m1/s1. The highest BCUT2D eigenvalue weighted by atomic mass is 14.9. The predicted molar refractivity (Wildman–Crippen MR) is 83.3 cm³/mol. The van der Waals surface area contributed by atoms with Crippen molar-refractivity contribution in [2.75, 3.05) is 6.54 Å². The Morgan fingerprint density at radius 3 is 2.79 bits per heavy atom. The molecule has 2 aromatic rings. The third kappa shape index (κ3) is 3.71. The van der Waals surface area contributed by atoms with E-state index >= 15 is 0 Å². The Morgan fingerprint density at radius 1 is 1.26 bits per heavy atom. The van der Waals surface area contributed by atoms with Gasteiger partial charge in [0.05, 0.1) is 5.52 Å². The molecule has 102 valence electrons. The maximum absolute atomic E-state index is 3.55. The summed E-state index contributed by atoms with van der Waals surface area (Å²) in [6, 6.07) is 8.90. The summed E-state index contributed by atoms with van der Waals surface area (Å²) in [6.07, 6.45) is 6.47. The lowest BCUT2D eigenvalue weighted by Crippen LogP contribution is -2.19. The summed E-state index contributed by atoms with van der Waals surface area (Å²) in [7, 11) is 0. The molecule has 0 fully saturated rings. The van der Waals surface area contributed by atoms with E-state index in [1.807, 2.05) is 6.20 Å². The molecule has 1 aromatic carbocycles. The largest absolute Gasteiger partial charge is 0.361 e. The number of rotatable bonds is 4. The van der Waals surface area contributed by atoms with Crippen LogP contribution in [0.15, 0.2) is 42.6 Å². The van der Waals surface area contributed by atoms with Crippen LogP contribution in [0.3, 0.4) is 0 Å². The lowest BCUT2D eigenvalue weighted by atomic mass is 9.96. The van der Waals surface area contributed by atoms with Crippen LogP contribution in [0.25, 0.3) is 10.9 Å². The van der Waals surface area contributed by atoms with Crippen LogP contribution < -0.4 is 5.32 Å². The van der Waals surface area contributed by atoms with Crippen LogP contribution in [0, 0.1) is 5.41 Å². The SMILES string of the molecule is C[C@@H](NC/C=C\C(C)(C)C)c1cccc2cc[nH]c12. The zero-order valence-corrected chi connectivity index (χ0v) is 12.3. The minimum absolute atomic E-state index is 0.254. The molecule has 0 saturated heterocycles. The molecule has 0 radical (unpaired) electrons. The maximum atomic E-state index is 3.55. The maximum Gasteiger partial charge on any atom is 0.0502 e. The second-order valence-electron chi connectivity index (χ2n) is 6.19. The summed E-state index contributed by atoms with van der Waals surface area (Å²) in [4.78, 5) is 3.33. The van der Waals surface area contributed by atoms with Gasteiger partial charge in [-0.2, -0.15) is 0 Å². The average Bonchev–Trinajstić information content (AvgIpc) is 2.81. The third-order valence-corrected chi connectivity index (χ3v) is 3.25. The van der Waals surface area contributed by atoms with Gasteiger partial charge in [-0.25, -0.2) is 0 Å². The second kappa shape index (κ2) is 5.62. The van der Waals surface area contributed by atoms with Gasteiger partial charge in [-0.05, 0) is 29.4 Å². The number of H-pyrrole nitrogens is 1. The number of aromatic amines is 1. The average molecular weight is 256 g/mol. The molecule has 2 nitrogen and oxygen atoms in total. The molecule has 1 heterocycles. The third-order valence-electron chi connectivity index (χ3n) is 3.25. The van der Waals surface area contributed by atoms with Gasteiger partial charge in [-0.15, -0.1) is 0 Å². The van der Waals surface area contributed by atoms with Crippen LogP contribution in [0.4, 0.5) is 0 Å². The normalized spacial score (nSPS) is 14.3. The monoisotopic (exact) mass is 256 g/mol. The molecule has 0 spiro atoms. The van der Waals surface area contributed by atoms with Crippen LogP contribution in [0.5, 0.6) is 0 Å². The topological polar surface area (TPSA) is 27.8 Å². The molecular weight excluding hydrogens is 232 g/mol. The molecule has 1 aromatic heterocycles. The van der Waals surface area contributed by atoms with Crippen LogP contribution in [-0.2, 0) is 0 Å². The Balaban J connectivity index is 2.02. The fourth-order valence-electron chi connectivity index (χ4n) is 2.24. The van der Waals surface area contributed by atoms with Crippen LogP contribution in [-0.4, -0.2) is 11.5 Å². The molecule has 2 rings (SSSR count). The van der Waals surface area contributed by atoms with E-state index in [0.717, 1.165) is 6.54 Å².